The minimum Gasteiger partial charge on any atom is -0.459 e. The van der Waals surface area contributed by atoms with E-state index in [1.54, 1.807) is 63.1 Å². The molecule has 2 aromatic heterocycles. The number of amides is 1. The topological polar surface area (TPSA) is 232 Å². The second kappa shape index (κ2) is 21.7. The van der Waals surface area contributed by atoms with Crippen LogP contribution in [-0.4, -0.2) is 153 Å². The van der Waals surface area contributed by atoms with Gasteiger partial charge in [0.05, 0.1) is 67.4 Å². The fourth-order valence-corrected chi connectivity index (χ4v) is 9.23. The number of ketones is 1. The van der Waals surface area contributed by atoms with E-state index in [9.17, 15) is 29.4 Å². The Morgan fingerprint density at radius 2 is 1.81 bits per heavy atom. The fraction of sp³-hybridized carbons (Fsp3) is 0.689. The molecule has 1 amide bonds. The molecule has 3 aliphatic rings. The number of ether oxygens (including phenoxy) is 6. The Kier molecular flexibility index (Phi) is 17.1. The highest BCUT2D eigenvalue weighted by molar-refractivity contribution is 6.01. The standard InChI is InChI=1S/C45H66N6O13/c1-12-36-45(9,57)41-27(4)37(48-29(6)53)25(2)19-44(8,59-23-32(22-58-41)49-60-24-31-14-15-33(20-46-31)51-17-13-16-47-51)40(28(5)38(55)34(21-52)42(56)63-36)64-43-39(62-30(7)54)35(50(10)11)18-26(3)61-43/h13-17,20,25-28,34-36,39-41,43,52,57H,12,18-19,21-24H2,1-11H3/b48-37?,49-32+/t25-,26-,27+,28+,34?,35+,36-,39-,40-,41-,43+,44-,45-/m1/s1. The second-order valence-corrected chi connectivity index (χ2v) is 17.9. The van der Waals surface area contributed by atoms with Gasteiger partial charge >= 0.3 is 11.9 Å². The van der Waals surface area contributed by atoms with Gasteiger partial charge in [-0.2, -0.15) is 5.10 Å². The van der Waals surface area contributed by atoms with Crippen LogP contribution in [0.15, 0.2) is 46.9 Å². The average molecular weight is 899 g/mol. The lowest BCUT2D eigenvalue weighted by Gasteiger charge is -2.48. The van der Waals surface area contributed by atoms with Crippen LogP contribution in [0.4, 0.5) is 0 Å². The van der Waals surface area contributed by atoms with Gasteiger partial charge in [0.2, 0.25) is 5.91 Å². The summed E-state index contributed by atoms with van der Waals surface area (Å²) in [6.45, 7) is 13.0. The molecule has 0 aromatic carbocycles. The van der Waals surface area contributed by atoms with Crippen LogP contribution in [0.5, 0.6) is 0 Å². The predicted molar refractivity (Wildman–Crippen MR) is 231 cm³/mol. The van der Waals surface area contributed by atoms with Gasteiger partial charge in [-0.25, -0.2) is 9.67 Å². The van der Waals surface area contributed by atoms with Crippen molar-refractivity contribution < 1.29 is 62.6 Å². The summed E-state index contributed by atoms with van der Waals surface area (Å²) in [5, 5.41) is 31.8. The molecule has 354 valence electrons. The van der Waals surface area contributed by atoms with E-state index in [1.807, 2.05) is 38.9 Å². The van der Waals surface area contributed by atoms with E-state index >= 15 is 0 Å². The van der Waals surface area contributed by atoms with Crippen LogP contribution in [0.25, 0.3) is 5.69 Å². The zero-order valence-corrected chi connectivity index (χ0v) is 38.8. The number of esters is 2. The van der Waals surface area contributed by atoms with Crippen molar-refractivity contribution >= 4 is 35.1 Å². The Morgan fingerprint density at radius 1 is 1.08 bits per heavy atom. The van der Waals surface area contributed by atoms with Gasteiger partial charge in [-0.15, -0.1) is 0 Å². The molecule has 0 aliphatic carbocycles. The number of hydrogen-bond donors (Lipinski definition) is 2. The number of aromatic nitrogens is 3. The van der Waals surface area contributed by atoms with Crippen LogP contribution < -0.4 is 0 Å². The lowest BCUT2D eigenvalue weighted by Crippen LogP contribution is -2.61. The number of carbonyl (C=O) groups excluding carboxylic acids is 4. The van der Waals surface area contributed by atoms with Gasteiger partial charge in [0.25, 0.3) is 0 Å². The smallest absolute Gasteiger partial charge is 0.319 e. The Balaban J connectivity index is 1.68. The molecule has 3 aliphatic heterocycles. The Bertz CT molecular complexity index is 1970. The van der Waals surface area contributed by atoms with Crippen LogP contribution in [-0.2, 0) is 59.0 Å². The zero-order chi connectivity index (χ0) is 47.1. The fourth-order valence-electron chi connectivity index (χ4n) is 9.23. The molecule has 19 heteroatoms. The number of fused-ring (bicyclic) bond motifs is 5. The van der Waals surface area contributed by atoms with Crippen molar-refractivity contribution in [2.45, 2.75) is 142 Å². The highest BCUT2D eigenvalue weighted by atomic mass is 16.7. The second-order valence-electron chi connectivity index (χ2n) is 17.9. The van der Waals surface area contributed by atoms with Gasteiger partial charge in [-0.05, 0) is 78.2 Å². The van der Waals surface area contributed by atoms with Crippen LogP contribution in [0, 0.1) is 23.7 Å². The highest BCUT2D eigenvalue weighted by Crippen LogP contribution is 2.40. The quantitative estimate of drug-likeness (QED) is 0.198. The molecule has 2 bridgehead atoms. The van der Waals surface area contributed by atoms with Gasteiger partial charge in [0, 0.05) is 43.8 Å². The number of hydrogen-bond acceptors (Lipinski definition) is 17. The first kappa shape index (κ1) is 50.5. The molecule has 64 heavy (non-hydrogen) atoms. The molecule has 5 heterocycles. The van der Waals surface area contributed by atoms with E-state index < -0.39 is 95.8 Å². The summed E-state index contributed by atoms with van der Waals surface area (Å²) < 4.78 is 40.3. The summed E-state index contributed by atoms with van der Waals surface area (Å²) in [6.07, 6.45) is -0.627. The summed E-state index contributed by atoms with van der Waals surface area (Å²) in [6, 6.07) is 5.05. The molecule has 2 aromatic rings. The molecule has 2 N–H and O–H groups in total. The Hall–Kier alpha value is -4.50. The number of oxime groups is 1. The first-order chi connectivity index (χ1) is 30.2. The molecule has 3 saturated heterocycles. The van der Waals surface area contributed by atoms with Crippen LogP contribution in [0.2, 0.25) is 0 Å². The molecule has 3 fully saturated rings. The van der Waals surface area contributed by atoms with E-state index in [0.29, 0.717) is 17.8 Å². The van der Waals surface area contributed by atoms with Gasteiger partial charge in [-0.3, -0.25) is 24.2 Å². The normalized spacial score (nSPS) is 35.9. The van der Waals surface area contributed by atoms with Gasteiger partial charge in [-0.1, -0.05) is 32.9 Å². The third-order valence-electron chi connectivity index (χ3n) is 12.4. The summed E-state index contributed by atoms with van der Waals surface area (Å²) in [7, 11) is 3.70. The van der Waals surface area contributed by atoms with Crippen LogP contribution in [0.3, 0.4) is 0 Å². The minimum atomic E-state index is -1.96. The molecule has 13 atom stereocenters. The number of likely N-dealkylation sites (N-methyl/N-ethyl adjacent to an activating group) is 1. The summed E-state index contributed by atoms with van der Waals surface area (Å²) in [5.41, 5.74) is -1.60. The van der Waals surface area contributed by atoms with Crippen molar-refractivity contribution in [3.05, 3.63) is 42.5 Å². The third kappa shape index (κ3) is 11.8. The number of Topliss-reactive ketones (excluding diaryl/α,β-unsaturated/α-hetero) is 1. The van der Waals surface area contributed by atoms with Crippen LogP contribution in [0.1, 0.15) is 87.3 Å². The van der Waals surface area contributed by atoms with Crippen molar-refractivity contribution in [3.8, 4) is 5.69 Å². The molecule has 19 nitrogen and oxygen atoms in total. The molecule has 5 rings (SSSR count). The van der Waals surface area contributed by atoms with Crippen molar-refractivity contribution in [2.24, 2.45) is 33.8 Å². The number of cyclic esters (lactones) is 1. The van der Waals surface area contributed by atoms with Crippen molar-refractivity contribution in [3.63, 3.8) is 0 Å². The van der Waals surface area contributed by atoms with E-state index in [0.717, 1.165) is 5.69 Å². The third-order valence-corrected chi connectivity index (χ3v) is 12.4. The number of aliphatic hydroxyl groups is 2. The number of nitrogens with zero attached hydrogens (tertiary/aromatic N) is 6. The van der Waals surface area contributed by atoms with Crippen LogP contribution >= 0.6 is 0 Å². The molecule has 1 unspecified atom stereocenters. The predicted octanol–water partition coefficient (Wildman–Crippen LogP) is 3.25. The highest BCUT2D eigenvalue weighted by Gasteiger charge is 2.54. The Labute approximate surface area is 374 Å². The minimum absolute atomic E-state index is 0.0420. The number of rotatable bonds is 10. The van der Waals surface area contributed by atoms with E-state index in [2.05, 4.69) is 20.2 Å². The monoisotopic (exact) mass is 898 g/mol. The first-order valence-corrected chi connectivity index (χ1v) is 21.9. The molecular weight excluding hydrogens is 833 g/mol. The van der Waals surface area contributed by atoms with Gasteiger partial charge < -0.3 is 48.4 Å². The maximum Gasteiger partial charge on any atom is 0.319 e. The molecule has 0 saturated carbocycles. The summed E-state index contributed by atoms with van der Waals surface area (Å²) >= 11 is 0. The molecular formula is C45H66N6O13. The number of carbonyl (C=O) groups is 4. The van der Waals surface area contributed by atoms with E-state index in [4.69, 9.17) is 33.3 Å². The van der Waals surface area contributed by atoms with E-state index in [-0.39, 0.29) is 50.5 Å². The SMILES string of the molecule is CC[C@H]1OC(=O)C(CO)C(=O)[C@H](C)[C@@H](O[C@@H]2O[C@H](C)C[C@H](N(C)C)[C@H]2OC(C)=O)[C@@]2(C)C[C@@H](C)C(=NC(C)=O)[C@H](C)[C@@H](OC/C(=N\OCc3ccc(-n4cccn4)cn3)CO2)[C@]1(C)O. The zero-order valence-electron chi connectivity index (χ0n) is 38.8. The number of aliphatic hydroxyl groups excluding tert-OH is 1. The lowest BCUT2D eigenvalue weighted by atomic mass is 9.73. The maximum absolute atomic E-state index is 14.7. The molecule has 0 spiro atoms. The van der Waals surface area contributed by atoms with Gasteiger partial charge in [0.15, 0.2) is 24.8 Å². The maximum atomic E-state index is 14.7. The number of aliphatic imine (C=N–C) groups is 1. The largest absolute Gasteiger partial charge is 0.459 e. The van der Waals surface area contributed by atoms with E-state index in [1.165, 1.54) is 20.8 Å². The lowest BCUT2D eigenvalue weighted by molar-refractivity contribution is -0.298. The van der Waals surface area contributed by atoms with Gasteiger partial charge in [0.1, 0.15) is 23.3 Å². The summed E-state index contributed by atoms with van der Waals surface area (Å²) in [5.74, 6) is -7.19. The van der Waals surface area contributed by atoms with Crippen molar-refractivity contribution in [2.75, 3.05) is 33.9 Å². The van der Waals surface area contributed by atoms with Crippen molar-refractivity contribution in [1.82, 2.24) is 19.7 Å². The first-order valence-electron chi connectivity index (χ1n) is 21.9. The Morgan fingerprint density at radius 3 is 2.41 bits per heavy atom. The summed E-state index contributed by atoms with van der Waals surface area (Å²) in [4.78, 5) is 71.1. The van der Waals surface area contributed by atoms with Crippen molar-refractivity contribution in [1.29, 1.82) is 0 Å². The number of pyridine rings is 1. The average Bonchev–Trinajstić information content (AvgIpc) is 3.77. The molecule has 0 radical (unpaired) electrons.